The van der Waals surface area contributed by atoms with Gasteiger partial charge in [0.25, 0.3) is 11.8 Å². The van der Waals surface area contributed by atoms with Crippen LogP contribution in [0, 0.1) is 12.3 Å². The quantitative estimate of drug-likeness (QED) is 0.547. The predicted octanol–water partition coefficient (Wildman–Crippen LogP) is 3.23. The van der Waals surface area contributed by atoms with Crippen molar-refractivity contribution in [3.05, 3.63) is 47.3 Å². The number of nitrogens with one attached hydrogen (secondary N) is 2. The SMILES string of the molecule is CNc1cncc(C(=O)N2C[C@H](Nc3c(N)cc(C)cc3C(=O)N3C[C@@H](C)O[C@@H](C)C3)C(C)(C)C2)c1. The van der Waals surface area contributed by atoms with Gasteiger partial charge in [0.15, 0.2) is 0 Å². The van der Waals surface area contributed by atoms with Crippen LogP contribution < -0.4 is 16.4 Å². The number of carbonyl (C=O) groups is 2. The Bertz CT molecular complexity index is 1140. The molecular formula is C27H38N6O3. The van der Waals surface area contributed by atoms with E-state index in [1.807, 2.05) is 48.8 Å². The highest BCUT2D eigenvalue weighted by atomic mass is 16.5. The number of nitrogens with zero attached hydrogens (tertiary/aromatic N) is 3. The molecule has 1 aromatic heterocycles. The van der Waals surface area contributed by atoms with E-state index in [0.717, 1.165) is 11.3 Å². The number of benzene rings is 1. The van der Waals surface area contributed by atoms with Crippen LogP contribution in [0.5, 0.6) is 0 Å². The van der Waals surface area contributed by atoms with Crippen LogP contribution in [0.15, 0.2) is 30.6 Å². The van der Waals surface area contributed by atoms with Crippen molar-refractivity contribution in [1.29, 1.82) is 0 Å². The first kappa shape index (κ1) is 25.8. The number of pyridine rings is 1. The Morgan fingerprint density at radius 2 is 1.75 bits per heavy atom. The van der Waals surface area contributed by atoms with E-state index in [2.05, 4.69) is 29.5 Å². The number of aryl methyl sites for hydroxylation is 1. The number of ether oxygens (including phenoxy) is 1. The zero-order valence-corrected chi connectivity index (χ0v) is 22.1. The average Bonchev–Trinajstić information content (AvgIpc) is 3.12. The van der Waals surface area contributed by atoms with Gasteiger partial charge in [0.1, 0.15) is 0 Å². The second-order valence-electron chi connectivity index (χ2n) is 10.8. The Hall–Kier alpha value is -3.33. The highest BCUT2D eigenvalue weighted by Gasteiger charge is 2.42. The minimum absolute atomic E-state index is 0.0273. The highest BCUT2D eigenvalue weighted by molar-refractivity contribution is 6.03. The molecule has 9 nitrogen and oxygen atoms in total. The highest BCUT2D eigenvalue weighted by Crippen LogP contribution is 2.36. The molecule has 3 atom stereocenters. The van der Waals surface area contributed by atoms with Crippen LogP contribution in [0.3, 0.4) is 0 Å². The molecule has 0 saturated carbocycles. The predicted molar refractivity (Wildman–Crippen MR) is 142 cm³/mol. The first-order chi connectivity index (χ1) is 17.0. The van der Waals surface area contributed by atoms with Crippen molar-refractivity contribution in [2.45, 2.75) is 52.9 Å². The monoisotopic (exact) mass is 494 g/mol. The van der Waals surface area contributed by atoms with Gasteiger partial charge in [0.05, 0.1) is 46.4 Å². The number of nitrogens with two attached hydrogens (primary N) is 1. The molecule has 0 unspecified atom stereocenters. The summed E-state index contributed by atoms with van der Waals surface area (Å²) >= 11 is 0. The second kappa shape index (κ2) is 9.97. The van der Waals surface area contributed by atoms with Crippen LogP contribution in [0.4, 0.5) is 17.1 Å². The lowest BCUT2D eigenvalue weighted by Gasteiger charge is -2.36. The number of hydrogen-bond donors (Lipinski definition) is 3. The molecule has 4 rings (SSSR count). The van der Waals surface area contributed by atoms with Gasteiger partial charge in [0.2, 0.25) is 0 Å². The Balaban J connectivity index is 1.59. The maximum absolute atomic E-state index is 13.7. The summed E-state index contributed by atoms with van der Waals surface area (Å²) in [7, 11) is 1.80. The lowest BCUT2D eigenvalue weighted by atomic mass is 9.87. The second-order valence-corrected chi connectivity index (χ2v) is 10.8. The third kappa shape index (κ3) is 5.26. The van der Waals surface area contributed by atoms with Gasteiger partial charge in [-0.1, -0.05) is 13.8 Å². The van der Waals surface area contributed by atoms with Crippen molar-refractivity contribution in [2.24, 2.45) is 5.41 Å². The molecule has 2 aliphatic heterocycles. The Morgan fingerprint density at radius 1 is 1.06 bits per heavy atom. The van der Waals surface area contributed by atoms with Crippen LogP contribution in [-0.4, -0.2) is 78.1 Å². The number of nitrogen functional groups attached to an aromatic ring is 1. The van der Waals surface area contributed by atoms with Crippen molar-refractivity contribution >= 4 is 28.9 Å². The molecule has 2 saturated heterocycles. The standard InChI is InChI=1S/C27H38N6O3/c1-16-7-21(26(35)32-12-17(2)36-18(3)13-32)24(22(28)8-16)31-23-14-33(15-27(23,4)5)25(34)19-9-20(29-6)11-30-10-19/h7-11,17-18,23,29,31H,12-15,28H2,1-6H3/t17-,18+,23-/m0/s1. The molecule has 3 heterocycles. The molecule has 2 aliphatic rings. The molecule has 1 aromatic carbocycles. The molecule has 2 amide bonds. The fourth-order valence-electron chi connectivity index (χ4n) is 5.24. The fraction of sp³-hybridized carbons (Fsp3) is 0.519. The van der Waals surface area contributed by atoms with Crippen molar-refractivity contribution in [3.63, 3.8) is 0 Å². The van der Waals surface area contributed by atoms with Crippen LogP contribution in [0.25, 0.3) is 0 Å². The topological polar surface area (TPSA) is 113 Å². The number of rotatable bonds is 5. The normalized spacial score (nSPS) is 23.4. The van der Waals surface area contributed by atoms with E-state index in [1.54, 1.807) is 19.4 Å². The summed E-state index contributed by atoms with van der Waals surface area (Å²) in [6, 6.07) is 5.48. The van der Waals surface area contributed by atoms with Gasteiger partial charge in [-0.3, -0.25) is 14.6 Å². The van der Waals surface area contributed by atoms with E-state index in [0.29, 0.717) is 48.7 Å². The first-order valence-electron chi connectivity index (χ1n) is 12.5. The number of likely N-dealkylation sites (tertiary alicyclic amines) is 1. The van der Waals surface area contributed by atoms with Crippen molar-refractivity contribution < 1.29 is 14.3 Å². The van der Waals surface area contributed by atoms with E-state index in [9.17, 15) is 9.59 Å². The number of anilines is 3. The summed E-state index contributed by atoms with van der Waals surface area (Å²) in [6.45, 7) is 12.3. The molecule has 0 spiro atoms. The Labute approximate surface area is 213 Å². The summed E-state index contributed by atoms with van der Waals surface area (Å²) in [6.07, 6.45) is 3.22. The molecule has 194 valence electrons. The van der Waals surface area contributed by atoms with E-state index >= 15 is 0 Å². The zero-order valence-electron chi connectivity index (χ0n) is 22.1. The maximum atomic E-state index is 13.7. The van der Waals surface area contributed by atoms with E-state index in [1.165, 1.54) is 0 Å². The minimum Gasteiger partial charge on any atom is -0.397 e. The van der Waals surface area contributed by atoms with Crippen LogP contribution in [-0.2, 0) is 4.74 Å². The molecule has 2 aromatic rings. The Morgan fingerprint density at radius 3 is 2.42 bits per heavy atom. The smallest absolute Gasteiger partial charge is 0.256 e. The summed E-state index contributed by atoms with van der Waals surface area (Å²) in [5, 5.41) is 6.60. The summed E-state index contributed by atoms with van der Waals surface area (Å²) in [4.78, 5) is 34.8. The lowest BCUT2D eigenvalue weighted by Crippen LogP contribution is -2.48. The van der Waals surface area contributed by atoms with E-state index in [4.69, 9.17) is 10.5 Å². The third-order valence-electron chi connectivity index (χ3n) is 7.07. The summed E-state index contributed by atoms with van der Waals surface area (Å²) in [5.74, 6) is -0.130. The van der Waals surface area contributed by atoms with Crippen LogP contribution >= 0.6 is 0 Å². The van der Waals surface area contributed by atoms with Crippen LogP contribution in [0.2, 0.25) is 0 Å². The molecule has 0 bridgehead atoms. The van der Waals surface area contributed by atoms with Gasteiger partial charge >= 0.3 is 0 Å². The molecule has 9 heteroatoms. The number of hydrogen-bond acceptors (Lipinski definition) is 7. The zero-order chi connectivity index (χ0) is 26.2. The van der Waals surface area contributed by atoms with E-state index < -0.39 is 0 Å². The molecular weight excluding hydrogens is 456 g/mol. The molecule has 0 radical (unpaired) electrons. The van der Waals surface area contributed by atoms with Gasteiger partial charge in [-0.15, -0.1) is 0 Å². The number of carbonyl (C=O) groups excluding carboxylic acids is 2. The van der Waals surface area contributed by atoms with Gasteiger partial charge in [-0.05, 0) is 44.5 Å². The first-order valence-corrected chi connectivity index (χ1v) is 12.5. The fourth-order valence-corrected chi connectivity index (χ4v) is 5.24. The summed E-state index contributed by atoms with van der Waals surface area (Å²) in [5.41, 5.74) is 10.2. The van der Waals surface area contributed by atoms with Gasteiger partial charge in [0, 0.05) is 51.0 Å². The molecule has 4 N–H and O–H groups in total. The summed E-state index contributed by atoms with van der Waals surface area (Å²) < 4.78 is 5.82. The van der Waals surface area contributed by atoms with Crippen molar-refractivity contribution in [1.82, 2.24) is 14.8 Å². The molecule has 36 heavy (non-hydrogen) atoms. The minimum atomic E-state index is -0.247. The maximum Gasteiger partial charge on any atom is 0.256 e. The van der Waals surface area contributed by atoms with Crippen molar-refractivity contribution in [3.8, 4) is 0 Å². The van der Waals surface area contributed by atoms with Crippen molar-refractivity contribution in [2.75, 3.05) is 49.6 Å². The molecule has 2 fully saturated rings. The number of morpholine rings is 1. The van der Waals surface area contributed by atoms with Gasteiger partial charge in [-0.2, -0.15) is 0 Å². The molecule has 0 aliphatic carbocycles. The van der Waals surface area contributed by atoms with Crippen LogP contribution in [0.1, 0.15) is 54.0 Å². The van der Waals surface area contributed by atoms with Gasteiger partial charge in [-0.25, -0.2) is 0 Å². The Kier molecular flexibility index (Phi) is 7.13. The number of amides is 2. The number of aromatic nitrogens is 1. The largest absolute Gasteiger partial charge is 0.397 e. The van der Waals surface area contributed by atoms with E-state index in [-0.39, 0.29) is 35.5 Å². The third-order valence-corrected chi connectivity index (χ3v) is 7.07. The average molecular weight is 495 g/mol. The van der Waals surface area contributed by atoms with Gasteiger partial charge < -0.3 is 30.9 Å². The lowest BCUT2D eigenvalue weighted by molar-refractivity contribution is -0.0585.